The van der Waals surface area contributed by atoms with Crippen LogP contribution in [0.4, 0.5) is 0 Å². The van der Waals surface area contributed by atoms with Crippen LogP contribution in [0.3, 0.4) is 0 Å². The molecule has 0 amide bonds. The van der Waals surface area contributed by atoms with Gasteiger partial charge in [-0.05, 0) is 56.4 Å². The molecule has 35 heavy (non-hydrogen) atoms. The molecule has 4 aromatic carbocycles. The highest BCUT2D eigenvalue weighted by Crippen LogP contribution is 2.54. The third kappa shape index (κ3) is 3.87. The van der Waals surface area contributed by atoms with E-state index in [1.54, 1.807) is 13.8 Å². The van der Waals surface area contributed by atoms with Gasteiger partial charge >= 0.3 is 7.48 Å². The molecule has 1 N–H and O–H groups in total. The van der Waals surface area contributed by atoms with E-state index in [9.17, 15) is 5.11 Å². The number of para-hydroxylation sites is 2. The minimum Gasteiger partial charge on any atom is -0.457 e. The minimum atomic E-state index is -0.989. The van der Waals surface area contributed by atoms with E-state index in [-0.39, 0.29) is 0 Å². The molecule has 0 saturated heterocycles. The molecule has 0 aliphatic carbocycles. The van der Waals surface area contributed by atoms with Crippen molar-refractivity contribution >= 4 is 12.9 Å². The van der Waals surface area contributed by atoms with Gasteiger partial charge < -0.3 is 14.5 Å². The van der Waals surface area contributed by atoms with Crippen LogP contribution in [0.5, 0.6) is 11.5 Å². The van der Waals surface area contributed by atoms with Gasteiger partial charge in [-0.2, -0.15) is 0 Å². The summed E-state index contributed by atoms with van der Waals surface area (Å²) in [4.78, 5) is 0. The first-order chi connectivity index (χ1) is 16.7. The van der Waals surface area contributed by atoms with Gasteiger partial charge in [-0.3, -0.25) is 0 Å². The average Bonchev–Trinajstić information content (AvgIpc) is 2.86. The Morgan fingerprint density at radius 2 is 1.14 bits per heavy atom. The second-order valence-electron chi connectivity index (χ2n) is 10.2. The molecular formula is C31H31BO3. The number of rotatable bonds is 6. The molecule has 0 atom stereocenters. The zero-order valence-electron chi connectivity index (χ0n) is 20.8. The zero-order chi connectivity index (χ0) is 24.7. The third-order valence-electron chi connectivity index (χ3n) is 7.49. The molecule has 4 aromatic rings. The van der Waals surface area contributed by atoms with Gasteiger partial charge in [-0.25, -0.2) is 0 Å². The molecule has 5 rings (SSSR count). The normalized spacial score (nSPS) is 14.4. The van der Waals surface area contributed by atoms with Crippen molar-refractivity contribution in [1.82, 2.24) is 0 Å². The standard InChI is InChI=1S/C31H31BO3/c1-29(2,33)30(3,4)35-32-26-19-11-8-16-23(26)31(22-14-6-5-7-15-22)24-17-9-12-20-27(24)34-28-21-13-10-18-25(28)31/h5-21,32-33H,1-4H3. The van der Waals surface area contributed by atoms with Crippen molar-refractivity contribution in [1.29, 1.82) is 0 Å². The summed E-state index contributed by atoms with van der Waals surface area (Å²) in [5.41, 5.74) is 3.25. The van der Waals surface area contributed by atoms with Crippen LogP contribution in [-0.4, -0.2) is 23.8 Å². The highest BCUT2D eigenvalue weighted by molar-refractivity contribution is 6.48. The Balaban J connectivity index is 1.79. The van der Waals surface area contributed by atoms with Crippen LogP contribution in [0.25, 0.3) is 0 Å². The number of aliphatic hydroxyl groups is 1. The first-order valence-electron chi connectivity index (χ1n) is 12.1. The predicted molar refractivity (Wildman–Crippen MR) is 143 cm³/mol. The average molecular weight is 462 g/mol. The number of ether oxygens (including phenoxy) is 1. The van der Waals surface area contributed by atoms with Crippen LogP contribution in [-0.2, 0) is 10.1 Å². The summed E-state index contributed by atoms with van der Waals surface area (Å²) in [6.07, 6.45) is 0. The molecule has 0 spiro atoms. The largest absolute Gasteiger partial charge is 0.457 e. The molecule has 1 heterocycles. The maximum Gasteiger partial charge on any atom is 0.309 e. The molecule has 3 nitrogen and oxygen atoms in total. The summed E-state index contributed by atoms with van der Waals surface area (Å²) in [7, 11) is 0.368. The van der Waals surface area contributed by atoms with Gasteiger partial charge in [0.05, 0.1) is 16.6 Å². The first-order valence-corrected chi connectivity index (χ1v) is 12.1. The Morgan fingerprint density at radius 3 is 1.71 bits per heavy atom. The molecule has 0 aromatic heterocycles. The summed E-state index contributed by atoms with van der Waals surface area (Å²) in [6, 6.07) is 35.7. The van der Waals surface area contributed by atoms with E-state index in [0.717, 1.165) is 39.2 Å². The second-order valence-corrected chi connectivity index (χ2v) is 10.2. The van der Waals surface area contributed by atoms with Crippen LogP contribution in [0.2, 0.25) is 0 Å². The Kier molecular flexibility index (Phi) is 5.82. The van der Waals surface area contributed by atoms with Crippen LogP contribution in [0, 0.1) is 0 Å². The number of benzene rings is 4. The Bertz CT molecular complexity index is 1290. The van der Waals surface area contributed by atoms with E-state index in [2.05, 4.69) is 78.9 Å². The van der Waals surface area contributed by atoms with Gasteiger partial charge in [0, 0.05) is 11.1 Å². The lowest BCUT2D eigenvalue weighted by Gasteiger charge is -2.43. The Labute approximate surface area is 208 Å². The lowest BCUT2D eigenvalue weighted by Crippen LogP contribution is -2.50. The number of hydrogen-bond donors (Lipinski definition) is 1. The Hall–Kier alpha value is -3.34. The van der Waals surface area contributed by atoms with Gasteiger partial charge in [0.25, 0.3) is 0 Å². The quantitative estimate of drug-likeness (QED) is 0.328. The molecule has 0 saturated carbocycles. The van der Waals surface area contributed by atoms with Crippen molar-refractivity contribution in [3.05, 3.63) is 125 Å². The zero-order valence-corrected chi connectivity index (χ0v) is 20.8. The Morgan fingerprint density at radius 1 is 0.657 bits per heavy atom. The summed E-state index contributed by atoms with van der Waals surface area (Å²) in [5.74, 6) is 1.70. The summed E-state index contributed by atoms with van der Waals surface area (Å²) >= 11 is 0. The fraction of sp³-hybridized carbons (Fsp3) is 0.226. The number of hydrogen-bond acceptors (Lipinski definition) is 3. The smallest absolute Gasteiger partial charge is 0.309 e. The van der Waals surface area contributed by atoms with E-state index in [1.165, 1.54) is 0 Å². The van der Waals surface area contributed by atoms with Crippen molar-refractivity contribution in [2.45, 2.75) is 44.3 Å². The highest BCUT2D eigenvalue weighted by Gasteiger charge is 2.46. The summed E-state index contributed by atoms with van der Waals surface area (Å²) in [6.45, 7) is 7.44. The molecule has 1 aliphatic rings. The van der Waals surface area contributed by atoms with Crippen molar-refractivity contribution < 1.29 is 14.5 Å². The summed E-state index contributed by atoms with van der Waals surface area (Å²) in [5, 5.41) is 10.7. The maximum atomic E-state index is 10.7. The molecule has 0 unspecified atom stereocenters. The first kappa shape index (κ1) is 23.4. The predicted octanol–water partition coefficient (Wildman–Crippen LogP) is 5.72. The van der Waals surface area contributed by atoms with Gasteiger partial charge in [-0.15, -0.1) is 0 Å². The van der Waals surface area contributed by atoms with Gasteiger partial charge in [-0.1, -0.05) is 91.0 Å². The molecular weight excluding hydrogens is 431 g/mol. The van der Waals surface area contributed by atoms with E-state index in [4.69, 9.17) is 9.39 Å². The van der Waals surface area contributed by atoms with Crippen molar-refractivity contribution in [2.24, 2.45) is 0 Å². The van der Waals surface area contributed by atoms with Crippen LogP contribution in [0.1, 0.15) is 49.9 Å². The summed E-state index contributed by atoms with van der Waals surface area (Å²) < 4.78 is 12.8. The topological polar surface area (TPSA) is 38.7 Å². The molecule has 0 fully saturated rings. The highest BCUT2D eigenvalue weighted by atomic mass is 16.5. The van der Waals surface area contributed by atoms with E-state index < -0.39 is 16.6 Å². The maximum absolute atomic E-state index is 10.7. The van der Waals surface area contributed by atoms with Crippen molar-refractivity contribution in [3.8, 4) is 11.5 Å². The van der Waals surface area contributed by atoms with E-state index in [0.29, 0.717) is 7.48 Å². The molecule has 4 heteroatoms. The SMILES string of the molecule is CC(C)(O)C(C)(C)OBc1ccccc1C1(c2ccccc2)c2ccccc2Oc2ccccc21. The number of fused-ring (bicyclic) bond motifs is 2. The molecule has 0 radical (unpaired) electrons. The second kappa shape index (κ2) is 8.71. The van der Waals surface area contributed by atoms with Crippen LogP contribution < -0.4 is 10.2 Å². The van der Waals surface area contributed by atoms with Crippen molar-refractivity contribution in [2.75, 3.05) is 0 Å². The lowest BCUT2D eigenvalue weighted by atomic mass is 9.60. The fourth-order valence-electron chi connectivity index (χ4n) is 4.89. The van der Waals surface area contributed by atoms with Gasteiger partial charge in [0.2, 0.25) is 0 Å². The monoisotopic (exact) mass is 462 g/mol. The molecule has 0 bridgehead atoms. The fourth-order valence-corrected chi connectivity index (χ4v) is 4.89. The van der Waals surface area contributed by atoms with Gasteiger partial charge in [0.1, 0.15) is 11.5 Å². The van der Waals surface area contributed by atoms with E-state index >= 15 is 0 Å². The molecule has 1 aliphatic heterocycles. The van der Waals surface area contributed by atoms with Crippen LogP contribution >= 0.6 is 0 Å². The lowest BCUT2D eigenvalue weighted by molar-refractivity contribution is -0.0893. The van der Waals surface area contributed by atoms with Crippen molar-refractivity contribution in [3.63, 3.8) is 0 Å². The van der Waals surface area contributed by atoms with E-state index in [1.807, 2.05) is 38.1 Å². The third-order valence-corrected chi connectivity index (χ3v) is 7.49. The minimum absolute atomic E-state index is 0.368. The van der Waals surface area contributed by atoms with Crippen LogP contribution in [0.15, 0.2) is 103 Å². The molecule has 176 valence electrons. The van der Waals surface area contributed by atoms with Gasteiger partial charge in [0.15, 0.2) is 0 Å².